The van der Waals surface area contributed by atoms with Gasteiger partial charge in [0.2, 0.25) is 5.91 Å². The topological polar surface area (TPSA) is 105 Å². The number of benzene rings is 2. The lowest BCUT2D eigenvalue weighted by molar-refractivity contribution is -0.138. The van der Waals surface area contributed by atoms with Crippen LogP contribution in [0.25, 0.3) is 11.1 Å². The van der Waals surface area contributed by atoms with E-state index in [1.54, 1.807) is 6.92 Å². The number of alkyl carbamates (subject to hydrolysis) is 1. The predicted octanol–water partition coefficient (Wildman–Crippen LogP) is 4.06. The molecule has 3 N–H and O–H groups in total. The molecule has 2 aromatic rings. The molecule has 2 aliphatic carbocycles. The third kappa shape index (κ3) is 5.02. The summed E-state index contributed by atoms with van der Waals surface area (Å²) in [6, 6.07) is 15.0. The number of carbonyl (C=O) groups excluding carboxylic acids is 2. The lowest BCUT2D eigenvalue weighted by Gasteiger charge is -2.34. The minimum atomic E-state index is -0.940. The van der Waals surface area contributed by atoms with Gasteiger partial charge in [0.25, 0.3) is 0 Å². The first-order valence-corrected chi connectivity index (χ1v) is 11.6. The molecule has 2 aliphatic rings. The predicted molar refractivity (Wildman–Crippen MR) is 124 cm³/mol. The number of aliphatic carboxylic acids is 1. The Morgan fingerprint density at radius 2 is 1.61 bits per heavy atom. The van der Waals surface area contributed by atoms with Crippen LogP contribution in [0.4, 0.5) is 4.79 Å². The molecule has 4 rings (SSSR count). The number of hydrogen-bond acceptors (Lipinski definition) is 4. The molecule has 174 valence electrons. The summed E-state index contributed by atoms with van der Waals surface area (Å²) in [6.07, 6.45) is 2.48. The molecule has 0 spiro atoms. The van der Waals surface area contributed by atoms with E-state index in [2.05, 4.69) is 22.8 Å². The maximum Gasteiger partial charge on any atom is 0.407 e. The minimum absolute atomic E-state index is 0.0596. The van der Waals surface area contributed by atoms with E-state index in [1.807, 2.05) is 36.4 Å². The van der Waals surface area contributed by atoms with E-state index in [4.69, 9.17) is 4.74 Å². The second-order valence-electron chi connectivity index (χ2n) is 8.83. The molecule has 1 unspecified atom stereocenters. The van der Waals surface area contributed by atoms with Crippen LogP contribution in [0, 0.1) is 5.92 Å². The van der Waals surface area contributed by atoms with Crippen molar-refractivity contribution in [3.05, 3.63) is 59.7 Å². The van der Waals surface area contributed by atoms with Gasteiger partial charge in [-0.15, -0.1) is 0 Å². The largest absolute Gasteiger partial charge is 0.481 e. The summed E-state index contributed by atoms with van der Waals surface area (Å²) in [6.45, 7) is 1.96. The number of nitrogens with one attached hydrogen (secondary N) is 2. The van der Waals surface area contributed by atoms with E-state index in [9.17, 15) is 19.5 Å². The van der Waals surface area contributed by atoms with Crippen LogP contribution in [0.5, 0.6) is 0 Å². The van der Waals surface area contributed by atoms with Crippen LogP contribution in [0.2, 0.25) is 0 Å². The van der Waals surface area contributed by atoms with Crippen molar-refractivity contribution in [1.82, 2.24) is 10.6 Å². The zero-order chi connectivity index (χ0) is 23.4. The molecule has 0 saturated heterocycles. The smallest absolute Gasteiger partial charge is 0.407 e. The minimum Gasteiger partial charge on any atom is -0.481 e. The van der Waals surface area contributed by atoms with Gasteiger partial charge < -0.3 is 20.5 Å². The highest BCUT2D eigenvalue weighted by molar-refractivity contribution is 5.86. The SMILES string of the molecule is CC[C@H](NC(=O)OCC1c2ccccc2-c2ccccc21)C(=O)NC(CC(=O)O)C1CCC1. The molecule has 0 bridgehead atoms. The van der Waals surface area contributed by atoms with E-state index < -0.39 is 24.1 Å². The van der Waals surface area contributed by atoms with E-state index in [0.29, 0.717) is 6.42 Å². The van der Waals surface area contributed by atoms with Gasteiger partial charge in [0.1, 0.15) is 12.6 Å². The second kappa shape index (κ2) is 10.1. The van der Waals surface area contributed by atoms with Crippen molar-refractivity contribution in [2.45, 2.75) is 57.0 Å². The molecule has 0 aliphatic heterocycles. The molecule has 1 saturated carbocycles. The van der Waals surface area contributed by atoms with Gasteiger partial charge in [0.05, 0.1) is 6.42 Å². The summed E-state index contributed by atoms with van der Waals surface area (Å²) < 4.78 is 5.55. The Morgan fingerprint density at radius 1 is 1.00 bits per heavy atom. The first-order chi connectivity index (χ1) is 16.0. The number of ether oxygens (including phenoxy) is 1. The Balaban J connectivity index is 1.36. The molecular formula is C26H30N2O5. The molecular weight excluding hydrogens is 420 g/mol. The standard InChI is InChI=1S/C26H30N2O5/c1-2-22(25(31)27-23(14-24(29)30)16-8-7-9-16)28-26(32)33-15-21-19-12-5-3-10-17(19)18-11-4-6-13-20(18)21/h3-6,10-13,16,21-23H,2,7-9,14-15H2,1H3,(H,27,31)(H,28,32)(H,29,30)/t22-,23?/m0/s1. The van der Waals surface area contributed by atoms with E-state index in [0.717, 1.165) is 41.5 Å². The number of hydrogen-bond donors (Lipinski definition) is 3. The third-order valence-electron chi connectivity index (χ3n) is 6.80. The highest BCUT2D eigenvalue weighted by Crippen LogP contribution is 2.44. The average Bonchev–Trinajstić information content (AvgIpc) is 3.08. The highest BCUT2D eigenvalue weighted by atomic mass is 16.5. The van der Waals surface area contributed by atoms with Crippen LogP contribution < -0.4 is 10.6 Å². The van der Waals surface area contributed by atoms with Gasteiger partial charge >= 0.3 is 12.1 Å². The van der Waals surface area contributed by atoms with Crippen molar-refractivity contribution in [2.75, 3.05) is 6.61 Å². The normalized spacial score (nSPS) is 16.6. The van der Waals surface area contributed by atoms with Crippen LogP contribution in [0.15, 0.2) is 48.5 Å². The van der Waals surface area contributed by atoms with Gasteiger partial charge in [0, 0.05) is 12.0 Å². The Morgan fingerprint density at radius 3 is 2.12 bits per heavy atom. The molecule has 0 radical (unpaired) electrons. The van der Waals surface area contributed by atoms with Crippen molar-refractivity contribution in [1.29, 1.82) is 0 Å². The first kappa shape index (κ1) is 22.8. The van der Waals surface area contributed by atoms with Gasteiger partial charge in [-0.2, -0.15) is 0 Å². The number of rotatable bonds is 9. The number of carbonyl (C=O) groups is 3. The quantitative estimate of drug-likeness (QED) is 0.534. The van der Waals surface area contributed by atoms with Crippen molar-refractivity contribution >= 4 is 18.0 Å². The van der Waals surface area contributed by atoms with Crippen LogP contribution in [0.1, 0.15) is 56.1 Å². The fourth-order valence-electron chi connectivity index (χ4n) is 4.78. The zero-order valence-corrected chi connectivity index (χ0v) is 18.8. The Hall–Kier alpha value is -3.35. The van der Waals surface area contributed by atoms with E-state index in [-0.39, 0.29) is 30.8 Å². The van der Waals surface area contributed by atoms with Crippen LogP contribution in [-0.2, 0) is 14.3 Å². The van der Waals surface area contributed by atoms with Crippen molar-refractivity contribution in [3.8, 4) is 11.1 Å². The zero-order valence-electron chi connectivity index (χ0n) is 18.8. The summed E-state index contributed by atoms with van der Waals surface area (Å²) in [5.74, 6) is -1.19. The maximum absolute atomic E-state index is 12.8. The molecule has 7 heteroatoms. The molecule has 7 nitrogen and oxygen atoms in total. The monoisotopic (exact) mass is 450 g/mol. The summed E-state index contributed by atoms with van der Waals surface area (Å²) >= 11 is 0. The maximum atomic E-state index is 12.8. The molecule has 1 fully saturated rings. The Kier molecular flexibility index (Phi) is 6.96. The fourth-order valence-corrected chi connectivity index (χ4v) is 4.78. The summed E-state index contributed by atoms with van der Waals surface area (Å²) in [5.41, 5.74) is 4.53. The lowest BCUT2D eigenvalue weighted by Crippen LogP contribution is -2.52. The van der Waals surface area contributed by atoms with Gasteiger partial charge in [-0.3, -0.25) is 9.59 Å². The Bertz CT molecular complexity index is 987. The third-order valence-corrected chi connectivity index (χ3v) is 6.80. The van der Waals surface area contributed by atoms with E-state index >= 15 is 0 Å². The molecule has 0 aromatic heterocycles. The van der Waals surface area contributed by atoms with Crippen molar-refractivity contribution < 1.29 is 24.2 Å². The molecule has 33 heavy (non-hydrogen) atoms. The fraction of sp³-hybridized carbons (Fsp3) is 0.423. The summed E-state index contributed by atoms with van der Waals surface area (Å²) in [4.78, 5) is 36.5. The number of carboxylic acids is 1. The van der Waals surface area contributed by atoms with Gasteiger partial charge in [-0.05, 0) is 47.4 Å². The van der Waals surface area contributed by atoms with Gasteiger partial charge in [-0.25, -0.2) is 4.79 Å². The second-order valence-corrected chi connectivity index (χ2v) is 8.83. The molecule has 2 aromatic carbocycles. The average molecular weight is 451 g/mol. The molecule has 2 amide bonds. The molecule has 0 heterocycles. The lowest BCUT2D eigenvalue weighted by atomic mass is 9.78. The van der Waals surface area contributed by atoms with Crippen LogP contribution in [-0.4, -0.2) is 41.8 Å². The van der Waals surface area contributed by atoms with E-state index in [1.165, 1.54) is 0 Å². The van der Waals surface area contributed by atoms with Crippen molar-refractivity contribution in [3.63, 3.8) is 0 Å². The highest BCUT2D eigenvalue weighted by Gasteiger charge is 2.33. The summed E-state index contributed by atoms with van der Waals surface area (Å²) in [5, 5.41) is 14.7. The van der Waals surface area contributed by atoms with Crippen LogP contribution in [0.3, 0.4) is 0 Å². The Labute approximate surface area is 193 Å². The summed E-state index contributed by atoms with van der Waals surface area (Å²) in [7, 11) is 0. The van der Waals surface area contributed by atoms with Crippen molar-refractivity contribution in [2.24, 2.45) is 5.92 Å². The number of amides is 2. The first-order valence-electron chi connectivity index (χ1n) is 11.6. The van der Waals surface area contributed by atoms with Gasteiger partial charge in [0.15, 0.2) is 0 Å². The molecule has 2 atom stereocenters. The van der Waals surface area contributed by atoms with Crippen LogP contribution >= 0.6 is 0 Å². The number of carboxylic acid groups (broad SMARTS) is 1. The van der Waals surface area contributed by atoms with Gasteiger partial charge in [-0.1, -0.05) is 61.9 Å². The number of fused-ring (bicyclic) bond motifs is 3.